The van der Waals surface area contributed by atoms with Crippen molar-refractivity contribution in [2.45, 2.75) is 11.8 Å². The topological polar surface area (TPSA) is 187 Å². The summed E-state index contributed by atoms with van der Waals surface area (Å²) in [5.74, 6) is 0. The normalized spacial score (nSPS) is 10.8. The Bertz CT molecular complexity index is 1000. The largest absolute Gasteiger partial charge is 0.744 e. The van der Waals surface area contributed by atoms with Crippen LogP contribution in [0.4, 0.5) is 19.2 Å². The van der Waals surface area contributed by atoms with E-state index in [2.05, 4.69) is 21.3 Å². The summed E-state index contributed by atoms with van der Waals surface area (Å²) in [5, 5.41) is 10.3. The average Bonchev–Trinajstić information content (AvgIpc) is 2.90. The lowest BCUT2D eigenvalue weighted by Gasteiger charge is -2.37. The maximum Gasteiger partial charge on any atom is 0.319 e. The van der Waals surface area contributed by atoms with Crippen LogP contribution in [0.3, 0.4) is 0 Å². The van der Waals surface area contributed by atoms with Gasteiger partial charge in [-0.25, -0.2) is 27.6 Å². The van der Waals surface area contributed by atoms with Crippen molar-refractivity contribution in [1.29, 1.82) is 0 Å². The molecule has 17 heteroatoms. The van der Waals surface area contributed by atoms with Crippen molar-refractivity contribution in [2.24, 2.45) is 0 Å². The molecule has 0 heterocycles. The van der Waals surface area contributed by atoms with Crippen molar-refractivity contribution in [2.75, 3.05) is 81.5 Å². The summed E-state index contributed by atoms with van der Waals surface area (Å²) >= 11 is 0. The van der Waals surface area contributed by atoms with E-state index in [9.17, 15) is 32.1 Å². The number of nitrogens with zero attached hydrogens (tertiary/aromatic N) is 4. The highest BCUT2D eigenvalue weighted by Crippen LogP contribution is 2.59. The minimum absolute atomic E-state index is 0.178. The molecule has 0 saturated heterocycles. The van der Waals surface area contributed by atoms with Gasteiger partial charge in [-0.2, -0.15) is 0 Å². The molecule has 1 aromatic rings. The second-order valence-corrected chi connectivity index (χ2v) is 14.4. The SMILES string of the molecule is CNC(=O)N(C)C[P+](CN(C)C(=O)NC)(CN(C)C(=O)NC)CN(C)C(=O)NC.Cc1ccc(S(=O)(=O)[O-])cc1. The van der Waals surface area contributed by atoms with Crippen molar-refractivity contribution >= 4 is 41.5 Å². The smallest absolute Gasteiger partial charge is 0.319 e. The summed E-state index contributed by atoms with van der Waals surface area (Å²) in [6, 6.07) is 4.62. The predicted molar refractivity (Wildman–Crippen MR) is 154 cm³/mol. The van der Waals surface area contributed by atoms with Crippen LogP contribution < -0.4 is 21.3 Å². The van der Waals surface area contributed by atoms with E-state index in [0.29, 0.717) is 25.1 Å². The molecule has 0 saturated carbocycles. The van der Waals surface area contributed by atoms with Crippen LogP contribution in [0.15, 0.2) is 29.2 Å². The van der Waals surface area contributed by atoms with Gasteiger partial charge in [-0.05, 0) is 19.1 Å². The molecule has 0 aliphatic carbocycles. The first-order valence-corrected chi connectivity index (χ1v) is 16.0. The molecule has 15 nitrogen and oxygen atoms in total. The zero-order valence-corrected chi connectivity index (χ0v) is 26.4. The van der Waals surface area contributed by atoms with Crippen LogP contribution in [-0.2, 0) is 10.1 Å². The molecule has 1 aromatic carbocycles. The van der Waals surface area contributed by atoms with E-state index < -0.39 is 17.4 Å². The summed E-state index contributed by atoms with van der Waals surface area (Å²) < 4.78 is 31.2. The number of carbonyl (C=O) groups excluding carboxylic acids is 4. The molecule has 0 unspecified atom stereocenters. The Balaban J connectivity index is 0.00000114. The quantitative estimate of drug-likeness (QED) is 0.237. The van der Waals surface area contributed by atoms with E-state index in [0.717, 1.165) is 5.56 Å². The van der Waals surface area contributed by atoms with E-state index in [1.54, 1.807) is 40.3 Å². The average molecular weight is 607 g/mol. The van der Waals surface area contributed by atoms with Gasteiger partial charge in [0.15, 0.2) is 0 Å². The van der Waals surface area contributed by atoms with E-state index in [1.165, 1.54) is 59.9 Å². The monoisotopic (exact) mass is 606 g/mol. The highest BCUT2D eigenvalue weighted by molar-refractivity contribution is 7.85. The molecule has 0 aromatic heterocycles. The lowest BCUT2D eigenvalue weighted by Crippen LogP contribution is -2.47. The maximum absolute atomic E-state index is 12.2. The molecule has 0 radical (unpaired) electrons. The van der Waals surface area contributed by atoms with Gasteiger partial charge >= 0.3 is 24.1 Å². The molecule has 0 fully saturated rings. The second kappa shape index (κ2) is 16.7. The van der Waals surface area contributed by atoms with E-state index in [-0.39, 0.29) is 29.0 Å². The van der Waals surface area contributed by atoms with E-state index >= 15 is 0 Å². The predicted octanol–water partition coefficient (Wildman–Crippen LogP) is 0.818. The van der Waals surface area contributed by atoms with Gasteiger partial charge < -0.3 is 25.8 Å². The standard InChI is InChI=1S/C16H35N8O4P.C7H8O3S/c1-17-13(25)21(5)9-29(10-22(6)14(26)18-2,11-23(7)15(27)19-3)12-24(8)16(28)20-4;1-6-2-4-7(5-3-6)11(8,9)10/h9-12H2,1-8H3,(H3-,17,18,19,20,25,26,27,28);2-5H,1H3,(H,8,9,10). The molecule has 0 aliphatic heterocycles. The lowest BCUT2D eigenvalue weighted by atomic mass is 10.2. The van der Waals surface area contributed by atoms with Gasteiger partial charge in [0.2, 0.25) is 0 Å². The summed E-state index contributed by atoms with van der Waals surface area (Å²) in [4.78, 5) is 54.6. The Morgan fingerprint density at radius 3 is 1.10 bits per heavy atom. The molecule has 0 atom stereocenters. The number of aryl methyl sites for hydroxylation is 1. The van der Waals surface area contributed by atoms with Crippen LogP contribution in [0.2, 0.25) is 0 Å². The first kappa shape index (κ1) is 36.6. The molecule has 0 aliphatic rings. The Morgan fingerprint density at radius 1 is 0.650 bits per heavy atom. The van der Waals surface area contributed by atoms with Crippen LogP contribution in [-0.4, -0.2) is 138 Å². The molecule has 228 valence electrons. The first-order valence-electron chi connectivity index (χ1n) is 12.1. The molecular weight excluding hydrogens is 563 g/mol. The Hall–Kier alpha value is -3.36. The Kier molecular flexibility index (Phi) is 15.3. The molecule has 8 amide bonds. The third kappa shape index (κ3) is 12.2. The molecular formula is C23H43N8O7PS. The Morgan fingerprint density at radius 2 is 0.900 bits per heavy atom. The number of carbonyl (C=O) groups is 4. The van der Waals surface area contributed by atoms with Gasteiger partial charge in [-0.3, -0.25) is 19.6 Å². The number of urea groups is 4. The van der Waals surface area contributed by atoms with Crippen molar-refractivity contribution in [1.82, 2.24) is 40.9 Å². The van der Waals surface area contributed by atoms with Gasteiger partial charge in [0.05, 0.1) is 12.2 Å². The lowest BCUT2D eigenvalue weighted by molar-refractivity contribution is 0.211. The van der Waals surface area contributed by atoms with Crippen molar-refractivity contribution in [3.8, 4) is 0 Å². The Labute approximate surface area is 237 Å². The highest BCUT2D eigenvalue weighted by Gasteiger charge is 2.46. The maximum atomic E-state index is 12.2. The minimum atomic E-state index is -4.27. The second-order valence-electron chi connectivity index (χ2n) is 9.19. The fourth-order valence-electron chi connectivity index (χ4n) is 3.79. The molecule has 4 N–H and O–H groups in total. The molecule has 40 heavy (non-hydrogen) atoms. The van der Waals surface area contributed by atoms with E-state index in [1.807, 2.05) is 6.92 Å². The number of hydrogen-bond acceptors (Lipinski definition) is 7. The van der Waals surface area contributed by atoms with Crippen LogP contribution in [0.5, 0.6) is 0 Å². The van der Waals surface area contributed by atoms with Crippen LogP contribution in [0.25, 0.3) is 0 Å². The molecule has 0 bridgehead atoms. The van der Waals surface area contributed by atoms with E-state index in [4.69, 9.17) is 0 Å². The number of benzene rings is 1. The van der Waals surface area contributed by atoms with Crippen LogP contribution in [0, 0.1) is 6.92 Å². The van der Waals surface area contributed by atoms with Crippen molar-refractivity contribution in [3.05, 3.63) is 29.8 Å². The van der Waals surface area contributed by atoms with Gasteiger partial charge in [0, 0.05) is 56.4 Å². The van der Waals surface area contributed by atoms with Crippen molar-refractivity contribution in [3.63, 3.8) is 0 Å². The third-order valence-corrected chi connectivity index (χ3v) is 10.5. The molecule has 1 rings (SSSR count). The zero-order chi connectivity index (χ0) is 31.3. The van der Waals surface area contributed by atoms with Crippen molar-refractivity contribution < 1.29 is 32.1 Å². The van der Waals surface area contributed by atoms with Gasteiger partial charge in [-0.15, -0.1) is 0 Å². The van der Waals surface area contributed by atoms with Gasteiger partial charge in [0.1, 0.15) is 35.3 Å². The zero-order valence-electron chi connectivity index (χ0n) is 24.6. The van der Waals surface area contributed by atoms with Gasteiger partial charge in [0.25, 0.3) is 0 Å². The van der Waals surface area contributed by atoms with Crippen LogP contribution in [0.1, 0.15) is 5.56 Å². The highest BCUT2D eigenvalue weighted by atomic mass is 32.2. The first-order chi connectivity index (χ1) is 18.5. The third-order valence-electron chi connectivity index (χ3n) is 5.60. The van der Waals surface area contributed by atoms with Crippen LogP contribution >= 0.6 is 7.26 Å². The summed E-state index contributed by atoms with van der Waals surface area (Å²) in [6.07, 6.45) is 1.21. The number of hydrogen-bond donors (Lipinski definition) is 4. The molecule has 0 spiro atoms. The number of amides is 8. The number of nitrogens with one attached hydrogen (secondary N) is 4. The fourth-order valence-corrected chi connectivity index (χ4v) is 8.91. The van der Waals surface area contributed by atoms with Gasteiger partial charge in [-0.1, -0.05) is 17.7 Å². The summed E-state index contributed by atoms with van der Waals surface area (Å²) in [6.45, 7) is 1.82. The summed E-state index contributed by atoms with van der Waals surface area (Å²) in [7, 11) is 6.11. The minimum Gasteiger partial charge on any atom is -0.744 e. The number of rotatable bonds is 9. The fraction of sp³-hybridized carbons (Fsp3) is 0.565. The summed E-state index contributed by atoms with van der Waals surface area (Å²) in [5.41, 5.74) is 0.928.